The SMILES string of the molecule is O=C(COc1ccc([N+](=O)[O-])cc1)N1N=C2CCCCC[C@@H]2[C@@]1(O)C(F)(F)F. The van der Waals surface area contributed by atoms with Gasteiger partial charge in [-0.15, -0.1) is 0 Å². The number of carbonyl (C=O) groups excluding carboxylic acids is 1. The Hall–Kier alpha value is -2.69. The van der Waals surface area contributed by atoms with Crippen LogP contribution in [0, 0.1) is 16.0 Å². The van der Waals surface area contributed by atoms with Crippen molar-refractivity contribution in [1.82, 2.24) is 5.01 Å². The van der Waals surface area contributed by atoms with E-state index in [1.54, 1.807) is 0 Å². The van der Waals surface area contributed by atoms with E-state index in [1.807, 2.05) is 0 Å². The Morgan fingerprint density at radius 2 is 2.00 bits per heavy atom. The van der Waals surface area contributed by atoms with Gasteiger partial charge in [0.2, 0.25) is 0 Å². The number of ether oxygens (including phenoxy) is 1. The molecule has 3 rings (SSSR count). The maximum absolute atomic E-state index is 13.7. The average molecular weight is 401 g/mol. The van der Waals surface area contributed by atoms with Crippen molar-refractivity contribution in [2.75, 3.05) is 6.61 Å². The Kier molecular flexibility index (Phi) is 5.28. The highest BCUT2D eigenvalue weighted by Crippen LogP contribution is 2.47. The summed E-state index contributed by atoms with van der Waals surface area (Å²) in [6.45, 7) is -0.806. The summed E-state index contributed by atoms with van der Waals surface area (Å²) in [5, 5.41) is 25.0. The number of nitro benzene ring substituents is 1. The summed E-state index contributed by atoms with van der Waals surface area (Å²) in [7, 11) is 0. The van der Waals surface area contributed by atoms with Crippen LogP contribution < -0.4 is 4.74 Å². The van der Waals surface area contributed by atoms with E-state index >= 15 is 0 Å². The smallest absolute Gasteiger partial charge is 0.439 e. The molecule has 0 aromatic heterocycles. The van der Waals surface area contributed by atoms with Crippen LogP contribution in [-0.4, -0.2) is 45.2 Å². The molecule has 1 N–H and O–H groups in total. The van der Waals surface area contributed by atoms with Crippen molar-refractivity contribution in [2.45, 2.75) is 44.0 Å². The van der Waals surface area contributed by atoms with Crippen LogP contribution in [0.15, 0.2) is 29.4 Å². The third-order valence-corrected chi connectivity index (χ3v) is 4.93. The molecule has 1 aliphatic heterocycles. The molecule has 11 heteroatoms. The molecule has 1 fully saturated rings. The zero-order valence-electron chi connectivity index (χ0n) is 14.7. The van der Waals surface area contributed by atoms with E-state index in [2.05, 4.69) is 5.10 Å². The van der Waals surface area contributed by atoms with Gasteiger partial charge in [0.15, 0.2) is 6.61 Å². The van der Waals surface area contributed by atoms with Crippen molar-refractivity contribution < 1.29 is 32.7 Å². The molecular weight excluding hydrogens is 383 g/mol. The molecule has 28 heavy (non-hydrogen) atoms. The van der Waals surface area contributed by atoms with E-state index in [-0.39, 0.29) is 35.0 Å². The van der Waals surface area contributed by atoms with E-state index in [1.165, 1.54) is 12.1 Å². The molecule has 1 aromatic rings. The minimum Gasteiger partial charge on any atom is -0.484 e. The van der Waals surface area contributed by atoms with E-state index in [9.17, 15) is 33.2 Å². The number of alkyl halides is 3. The molecule has 0 bridgehead atoms. The molecule has 1 heterocycles. The number of aliphatic hydroxyl groups is 1. The third-order valence-electron chi connectivity index (χ3n) is 4.93. The summed E-state index contributed by atoms with van der Waals surface area (Å²) < 4.78 is 46.3. The van der Waals surface area contributed by atoms with Crippen LogP contribution in [0.3, 0.4) is 0 Å². The highest BCUT2D eigenvalue weighted by molar-refractivity contribution is 5.93. The number of amides is 1. The van der Waals surface area contributed by atoms with Gasteiger partial charge in [-0.05, 0) is 31.4 Å². The maximum atomic E-state index is 13.7. The van der Waals surface area contributed by atoms with Gasteiger partial charge in [-0.1, -0.05) is 12.8 Å². The zero-order valence-corrected chi connectivity index (χ0v) is 14.7. The maximum Gasteiger partial charge on any atom is 0.439 e. The number of benzene rings is 1. The number of nitrogens with zero attached hydrogens (tertiary/aromatic N) is 3. The van der Waals surface area contributed by atoms with Gasteiger partial charge in [-0.2, -0.15) is 23.3 Å². The Labute approximate surface area is 157 Å². The number of non-ortho nitro benzene ring substituents is 1. The first-order chi connectivity index (χ1) is 13.1. The number of rotatable bonds is 4. The normalized spacial score (nSPS) is 24.9. The molecule has 2 atom stereocenters. The Balaban J connectivity index is 1.77. The lowest BCUT2D eigenvalue weighted by Crippen LogP contribution is -2.61. The lowest BCUT2D eigenvalue weighted by atomic mass is 9.87. The van der Waals surface area contributed by atoms with E-state index in [0.717, 1.165) is 18.6 Å². The van der Waals surface area contributed by atoms with Crippen molar-refractivity contribution in [3.05, 3.63) is 34.4 Å². The molecule has 0 spiro atoms. The molecule has 1 aliphatic carbocycles. The zero-order chi connectivity index (χ0) is 20.5. The number of hydrogen-bond donors (Lipinski definition) is 1. The Morgan fingerprint density at radius 1 is 1.32 bits per heavy atom. The van der Waals surface area contributed by atoms with Gasteiger partial charge in [0.1, 0.15) is 5.75 Å². The quantitative estimate of drug-likeness (QED) is 0.617. The van der Waals surface area contributed by atoms with Crippen LogP contribution in [0.25, 0.3) is 0 Å². The standard InChI is InChI=1S/C17H18F3N3O5/c18-17(19,20)16(25)13-4-2-1-3-5-14(13)21-22(16)15(24)10-28-12-8-6-11(7-9-12)23(26)27/h6-9,13,25H,1-5,10H2/t13-,16+/m0/s1. The molecule has 1 aromatic carbocycles. The molecule has 1 amide bonds. The van der Waals surface area contributed by atoms with Crippen LogP contribution in [-0.2, 0) is 4.79 Å². The molecule has 8 nitrogen and oxygen atoms in total. The summed E-state index contributed by atoms with van der Waals surface area (Å²) in [4.78, 5) is 22.4. The predicted octanol–water partition coefficient (Wildman–Crippen LogP) is 3.00. The lowest BCUT2D eigenvalue weighted by molar-refractivity contribution is -0.384. The van der Waals surface area contributed by atoms with Crippen molar-refractivity contribution in [1.29, 1.82) is 0 Å². The second kappa shape index (κ2) is 7.38. The fourth-order valence-electron chi connectivity index (χ4n) is 3.51. The minimum atomic E-state index is -5.09. The summed E-state index contributed by atoms with van der Waals surface area (Å²) in [6, 6.07) is 4.72. The number of hydrazone groups is 1. The van der Waals surface area contributed by atoms with Crippen molar-refractivity contribution >= 4 is 17.3 Å². The van der Waals surface area contributed by atoms with Crippen LogP contribution in [0.2, 0.25) is 0 Å². The fourth-order valence-corrected chi connectivity index (χ4v) is 3.51. The van der Waals surface area contributed by atoms with Gasteiger partial charge in [-0.25, -0.2) is 0 Å². The van der Waals surface area contributed by atoms with Crippen molar-refractivity contribution in [3.63, 3.8) is 0 Å². The van der Waals surface area contributed by atoms with Crippen molar-refractivity contribution in [2.24, 2.45) is 11.0 Å². The number of fused-ring (bicyclic) bond motifs is 1. The van der Waals surface area contributed by atoms with Crippen LogP contribution in [0.5, 0.6) is 5.75 Å². The minimum absolute atomic E-state index is 0.0653. The second-order valence-electron chi connectivity index (χ2n) is 6.71. The van der Waals surface area contributed by atoms with Gasteiger partial charge < -0.3 is 9.84 Å². The Bertz CT molecular complexity index is 796. The Morgan fingerprint density at radius 3 is 2.61 bits per heavy atom. The lowest BCUT2D eigenvalue weighted by Gasteiger charge is -2.37. The molecule has 2 aliphatic rings. The molecule has 1 saturated carbocycles. The van der Waals surface area contributed by atoms with Gasteiger partial charge in [0, 0.05) is 17.8 Å². The fraction of sp³-hybridized carbons (Fsp3) is 0.529. The topological polar surface area (TPSA) is 105 Å². The monoisotopic (exact) mass is 401 g/mol. The highest BCUT2D eigenvalue weighted by atomic mass is 19.4. The summed E-state index contributed by atoms with van der Waals surface area (Å²) in [5.74, 6) is -2.38. The number of carbonyl (C=O) groups is 1. The largest absolute Gasteiger partial charge is 0.484 e. The first kappa shape index (κ1) is 20.1. The first-order valence-corrected chi connectivity index (χ1v) is 8.71. The van der Waals surface area contributed by atoms with Gasteiger partial charge in [0.05, 0.1) is 10.8 Å². The second-order valence-corrected chi connectivity index (χ2v) is 6.71. The summed E-state index contributed by atoms with van der Waals surface area (Å²) in [6.07, 6.45) is -2.83. The van der Waals surface area contributed by atoms with Crippen LogP contribution in [0.4, 0.5) is 18.9 Å². The summed E-state index contributed by atoms with van der Waals surface area (Å²) >= 11 is 0. The number of nitro groups is 1. The molecule has 0 unspecified atom stereocenters. The number of hydrogen-bond acceptors (Lipinski definition) is 6. The number of halogens is 3. The summed E-state index contributed by atoms with van der Waals surface area (Å²) in [5.41, 5.74) is -3.43. The average Bonchev–Trinajstić information content (AvgIpc) is 2.79. The van der Waals surface area contributed by atoms with E-state index < -0.39 is 35.3 Å². The molecule has 0 saturated heterocycles. The highest BCUT2D eigenvalue weighted by Gasteiger charge is 2.68. The molecule has 152 valence electrons. The third kappa shape index (κ3) is 3.53. The van der Waals surface area contributed by atoms with Gasteiger partial charge in [-0.3, -0.25) is 14.9 Å². The van der Waals surface area contributed by atoms with E-state index in [0.29, 0.717) is 12.8 Å². The molecular formula is C17H18F3N3O5. The van der Waals surface area contributed by atoms with E-state index in [4.69, 9.17) is 4.74 Å². The predicted molar refractivity (Wildman–Crippen MR) is 90.5 cm³/mol. The van der Waals surface area contributed by atoms with Crippen LogP contribution >= 0.6 is 0 Å². The van der Waals surface area contributed by atoms with Gasteiger partial charge in [0.25, 0.3) is 17.3 Å². The van der Waals surface area contributed by atoms with Gasteiger partial charge >= 0.3 is 6.18 Å². The molecule has 0 radical (unpaired) electrons. The first-order valence-electron chi connectivity index (χ1n) is 8.71. The van der Waals surface area contributed by atoms with Crippen molar-refractivity contribution in [3.8, 4) is 5.75 Å². The van der Waals surface area contributed by atoms with Crippen LogP contribution in [0.1, 0.15) is 32.1 Å².